The minimum atomic E-state index is -3.01. The molecular formula is C14H20N2O3S2. The van der Waals surface area contributed by atoms with Gasteiger partial charge in [-0.3, -0.25) is 10.1 Å². The Bertz CT molecular complexity index is 625. The van der Waals surface area contributed by atoms with Crippen LogP contribution in [0, 0.1) is 5.92 Å². The van der Waals surface area contributed by atoms with Crippen LogP contribution in [-0.2, 0) is 14.6 Å². The molecule has 1 aromatic heterocycles. The predicted octanol–water partition coefficient (Wildman–Crippen LogP) is 1.39. The van der Waals surface area contributed by atoms with Crippen molar-refractivity contribution in [2.75, 3.05) is 11.5 Å². The molecule has 2 aliphatic heterocycles. The maximum absolute atomic E-state index is 12.7. The molecule has 5 nitrogen and oxygen atoms in total. The molecule has 3 heterocycles. The quantitative estimate of drug-likeness (QED) is 0.910. The lowest BCUT2D eigenvalue weighted by Crippen LogP contribution is -2.41. The van der Waals surface area contributed by atoms with Gasteiger partial charge in [-0.15, -0.1) is 0 Å². The molecule has 2 aliphatic rings. The van der Waals surface area contributed by atoms with Crippen molar-refractivity contribution in [3.05, 3.63) is 22.4 Å². The van der Waals surface area contributed by atoms with Gasteiger partial charge in [0.15, 0.2) is 9.84 Å². The Balaban J connectivity index is 1.92. The van der Waals surface area contributed by atoms with Crippen LogP contribution >= 0.6 is 11.3 Å². The molecule has 0 aromatic carbocycles. The molecule has 0 bridgehead atoms. The zero-order chi connectivity index (χ0) is 15.2. The van der Waals surface area contributed by atoms with Crippen molar-refractivity contribution in [3.63, 3.8) is 0 Å². The molecule has 0 radical (unpaired) electrons. The number of rotatable bonds is 3. The monoisotopic (exact) mass is 328 g/mol. The SMILES string of the molecule is CC(C)C1NC(c2ccsc2)N(C2CCS(=O)(=O)C2)C1=O. The summed E-state index contributed by atoms with van der Waals surface area (Å²) < 4.78 is 23.5. The molecular weight excluding hydrogens is 308 g/mol. The fourth-order valence-electron chi connectivity index (χ4n) is 3.16. The number of carbonyl (C=O) groups is 1. The van der Waals surface area contributed by atoms with Crippen LogP contribution in [0.25, 0.3) is 0 Å². The average molecular weight is 328 g/mol. The van der Waals surface area contributed by atoms with Crippen LogP contribution in [0.1, 0.15) is 32.0 Å². The predicted molar refractivity (Wildman–Crippen MR) is 82.7 cm³/mol. The lowest BCUT2D eigenvalue weighted by Gasteiger charge is -2.29. The van der Waals surface area contributed by atoms with Gasteiger partial charge in [-0.1, -0.05) is 13.8 Å². The van der Waals surface area contributed by atoms with E-state index in [1.54, 1.807) is 16.2 Å². The van der Waals surface area contributed by atoms with Crippen LogP contribution in [0.15, 0.2) is 16.8 Å². The first-order valence-corrected chi connectivity index (χ1v) is 9.96. The zero-order valence-corrected chi connectivity index (χ0v) is 13.8. The highest BCUT2D eigenvalue weighted by molar-refractivity contribution is 7.91. The van der Waals surface area contributed by atoms with Gasteiger partial charge in [-0.25, -0.2) is 8.42 Å². The van der Waals surface area contributed by atoms with E-state index >= 15 is 0 Å². The summed E-state index contributed by atoms with van der Waals surface area (Å²) >= 11 is 1.59. The second-order valence-electron chi connectivity index (χ2n) is 6.15. The normalized spacial score (nSPS) is 32.2. The number of hydrogen-bond donors (Lipinski definition) is 1. The summed E-state index contributed by atoms with van der Waals surface area (Å²) in [5, 5.41) is 7.38. The topological polar surface area (TPSA) is 66.5 Å². The van der Waals surface area contributed by atoms with Gasteiger partial charge in [-0.05, 0) is 34.7 Å². The highest BCUT2D eigenvalue weighted by Gasteiger charge is 2.47. The van der Waals surface area contributed by atoms with E-state index in [1.807, 2.05) is 30.7 Å². The Morgan fingerprint density at radius 3 is 2.71 bits per heavy atom. The fraction of sp³-hybridized carbons (Fsp3) is 0.643. The number of amides is 1. The summed E-state index contributed by atoms with van der Waals surface area (Å²) in [6, 6.07) is 1.55. The molecule has 1 aromatic rings. The molecule has 2 fully saturated rings. The van der Waals surface area contributed by atoms with Gasteiger partial charge in [0.05, 0.1) is 17.5 Å². The lowest BCUT2D eigenvalue weighted by atomic mass is 10.0. The average Bonchev–Trinajstić information content (AvgIpc) is 3.07. The molecule has 3 unspecified atom stereocenters. The third-order valence-electron chi connectivity index (χ3n) is 4.26. The number of nitrogens with zero attached hydrogens (tertiary/aromatic N) is 1. The van der Waals surface area contributed by atoms with Crippen molar-refractivity contribution in [3.8, 4) is 0 Å². The van der Waals surface area contributed by atoms with Gasteiger partial charge in [-0.2, -0.15) is 11.3 Å². The van der Waals surface area contributed by atoms with Gasteiger partial charge in [0.1, 0.15) is 6.17 Å². The third-order valence-corrected chi connectivity index (χ3v) is 6.72. The van der Waals surface area contributed by atoms with Crippen LogP contribution in [-0.4, -0.2) is 42.8 Å². The fourth-order valence-corrected chi connectivity index (χ4v) is 5.55. The van der Waals surface area contributed by atoms with Crippen molar-refractivity contribution in [1.29, 1.82) is 0 Å². The Morgan fingerprint density at radius 1 is 1.43 bits per heavy atom. The summed E-state index contributed by atoms with van der Waals surface area (Å²) in [5.41, 5.74) is 1.04. The van der Waals surface area contributed by atoms with Crippen molar-refractivity contribution >= 4 is 27.1 Å². The first kappa shape index (κ1) is 15.0. The van der Waals surface area contributed by atoms with E-state index in [1.165, 1.54) is 0 Å². The number of hydrogen-bond acceptors (Lipinski definition) is 5. The lowest BCUT2D eigenvalue weighted by molar-refractivity contribution is -0.132. The number of nitrogens with one attached hydrogen (secondary N) is 1. The molecule has 0 saturated carbocycles. The molecule has 21 heavy (non-hydrogen) atoms. The molecule has 3 rings (SSSR count). The van der Waals surface area contributed by atoms with Gasteiger partial charge in [0.25, 0.3) is 0 Å². The smallest absolute Gasteiger partial charge is 0.241 e. The Labute approximate surface area is 129 Å². The van der Waals surface area contributed by atoms with Crippen LogP contribution in [0.2, 0.25) is 0 Å². The highest BCUT2D eigenvalue weighted by atomic mass is 32.2. The van der Waals surface area contributed by atoms with Crippen molar-refractivity contribution in [1.82, 2.24) is 10.2 Å². The van der Waals surface area contributed by atoms with Crippen molar-refractivity contribution < 1.29 is 13.2 Å². The van der Waals surface area contributed by atoms with Crippen LogP contribution in [0.5, 0.6) is 0 Å². The summed E-state index contributed by atoms with van der Waals surface area (Å²) in [4.78, 5) is 14.5. The minimum absolute atomic E-state index is 0.0308. The number of sulfone groups is 1. The van der Waals surface area contributed by atoms with Gasteiger partial charge >= 0.3 is 0 Å². The molecule has 0 spiro atoms. The molecule has 2 saturated heterocycles. The summed E-state index contributed by atoms with van der Waals surface area (Å²) in [6.45, 7) is 4.02. The molecule has 0 aliphatic carbocycles. The van der Waals surface area contributed by atoms with E-state index in [-0.39, 0.29) is 41.6 Å². The molecule has 7 heteroatoms. The maximum Gasteiger partial charge on any atom is 0.241 e. The van der Waals surface area contributed by atoms with Crippen molar-refractivity contribution in [2.45, 2.75) is 38.5 Å². The largest absolute Gasteiger partial charge is 0.317 e. The molecule has 1 amide bonds. The minimum Gasteiger partial charge on any atom is -0.317 e. The van der Waals surface area contributed by atoms with E-state index in [0.717, 1.165) is 5.56 Å². The second kappa shape index (κ2) is 5.37. The van der Waals surface area contributed by atoms with E-state index in [2.05, 4.69) is 5.32 Å². The van der Waals surface area contributed by atoms with E-state index < -0.39 is 9.84 Å². The van der Waals surface area contributed by atoms with E-state index in [4.69, 9.17) is 0 Å². The van der Waals surface area contributed by atoms with E-state index in [9.17, 15) is 13.2 Å². The Hall–Kier alpha value is -0.920. The highest BCUT2D eigenvalue weighted by Crippen LogP contribution is 2.34. The van der Waals surface area contributed by atoms with Crippen molar-refractivity contribution in [2.24, 2.45) is 5.92 Å². The molecule has 116 valence electrons. The third kappa shape index (κ3) is 2.74. The van der Waals surface area contributed by atoms with Crippen LogP contribution < -0.4 is 5.32 Å². The van der Waals surface area contributed by atoms with Crippen LogP contribution in [0.3, 0.4) is 0 Å². The molecule has 3 atom stereocenters. The van der Waals surface area contributed by atoms with E-state index in [0.29, 0.717) is 6.42 Å². The summed E-state index contributed by atoms with van der Waals surface area (Å²) in [5.74, 6) is 0.487. The maximum atomic E-state index is 12.7. The number of carbonyl (C=O) groups excluding carboxylic acids is 1. The van der Waals surface area contributed by atoms with Gasteiger partial charge < -0.3 is 4.90 Å². The standard InChI is InChI=1S/C14H20N2O3S2/c1-9(2)12-14(17)16(11-4-6-21(18,19)8-11)13(15-12)10-3-5-20-7-10/h3,5,7,9,11-13,15H,4,6,8H2,1-2H3. The Kier molecular flexibility index (Phi) is 3.83. The van der Waals surface area contributed by atoms with Gasteiger partial charge in [0.2, 0.25) is 5.91 Å². The summed E-state index contributed by atoms with van der Waals surface area (Å²) in [6.07, 6.45) is 0.343. The first-order valence-electron chi connectivity index (χ1n) is 7.20. The number of thiophene rings is 1. The first-order chi connectivity index (χ1) is 9.89. The Morgan fingerprint density at radius 2 is 2.19 bits per heavy atom. The second-order valence-corrected chi connectivity index (χ2v) is 9.16. The van der Waals surface area contributed by atoms with Crippen LogP contribution in [0.4, 0.5) is 0 Å². The van der Waals surface area contributed by atoms with Gasteiger partial charge in [0, 0.05) is 6.04 Å². The molecule has 1 N–H and O–H groups in total. The summed E-state index contributed by atoms with van der Waals surface area (Å²) in [7, 11) is -3.01. The zero-order valence-electron chi connectivity index (χ0n) is 12.2.